The Hall–Kier alpha value is -2.74. The molecule has 142 valence electrons. The van der Waals surface area contributed by atoms with Gasteiger partial charge in [-0.15, -0.1) is 10.2 Å². The Kier molecular flexibility index (Phi) is 4.89. The van der Waals surface area contributed by atoms with Crippen LogP contribution in [0, 0.1) is 6.92 Å². The van der Waals surface area contributed by atoms with Gasteiger partial charge in [0.25, 0.3) is 0 Å². The molecule has 0 aliphatic carbocycles. The third kappa shape index (κ3) is 3.85. The molecular formula is C19H25N7O. The molecular weight excluding hydrogens is 342 g/mol. The second-order valence-electron chi connectivity index (χ2n) is 7.23. The lowest BCUT2D eigenvalue weighted by molar-refractivity contribution is 0.244. The first-order chi connectivity index (χ1) is 13.1. The van der Waals surface area contributed by atoms with Crippen molar-refractivity contribution in [3.05, 3.63) is 47.9 Å². The number of hydrogen-bond acceptors (Lipinski definition) is 7. The number of nitrogens with zero attached hydrogens (tertiary/aromatic N) is 7. The van der Waals surface area contributed by atoms with Crippen molar-refractivity contribution in [2.45, 2.75) is 33.2 Å². The van der Waals surface area contributed by atoms with E-state index in [1.165, 1.54) is 0 Å². The first-order valence-electron chi connectivity index (χ1n) is 9.36. The molecule has 1 aliphatic rings. The Morgan fingerprint density at radius 2 is 1.78 bits per heavy atom. The van der Waals surface area contributed by atoms with Crippen molar-refractivity contribution in [2.24, 2.45) is 0 Å². The molecule has 1 saturated heterocycles. The summed E-state index contributed by atoms with van der Waals surface area (Å²) in [6.45, 7) is 10.8. The quantitative estimate of drug-likeness (QED) is 0.685. The summed E-state index contributed by atoms with van der Waals surface area (Å²) in [7, 11) is 0. The van der Waals surface area contributed by atoms with E-state index in [2.05, 4.69) is 43.9 Å². The Morgan fingerprint density at radius 3 is 2.41 bits per heavy atom. The van der Waals surface area contributed by atoms with Gasteiger partial charge in [0.05, 0.1) is 11.4 Å². The molecule has 27 heavy (non-hydrogen) atoms. The van der Waals surface area contributed by atoms with E-state index in [4.69, 9.17) is 4.42 Å². The Balaban J connectivity index is 1.35. The molecule has 0 saturated carbocycles. The fraction of sp³-hybridized carbons (Fsp3) is 0.474. The van der Waals surface area contributed by atoms with Crippen LogP contribution in [0.5, 0.6) is 0 Å². The maximum absolute atomic E-state index is 5.53. The average Bonchev–Trinajstić information content (AvgIpc) is 3.32. The van der Waals surface area contributed by atoms with Crippen LogP contribution in [0.1, 0.15) is 36.9 Å². The van der Waals surface area contributed by atoms with Gasteiger partial charge in [0.15, 0.2) is 18.0 Å². The van der Waals surface area contributed by atoms with Crippen molar-refractivity contribution in [3.63, 3.8) is 0 Å². The first-order valence-corrected chi connectivity index (χ1v) is 9.36. The van der Waals surface area contributed by atoms with Crippen molar-refractivity contribution >= 4 is 5.82 Å². The van der Waals surface area contributed by atoms with E-state index in [1.54, 1.807) is 11.1 Å². The lowest BCUT2D eigenvalue weighted by Crippen LogP contribution is -2.46. The summed E-state index contributed by atoms with van der Waals surface area (Å²) in [5, 5.41) is 13.1. The predicted octanol–water partition coefficient (Wildman–Crippen LogP) is 2.40. The standard InChI is InChI=1S/C19H25N7O/c1-14(2)19-16(20-13-27-19)12-24-8-10-25(11-9-24)17-4-5-18(22-21-17)26-7-6-15(3)23-26/h4-7,13-14H,8-12H2,1-3H3. The van der Waals surface area contributed by atoms with Crippen LogP contribution in [-0.4, -0.2) is 56.0 Å². The zero-order chi connectivity index (χ0) is 18.8. The maximum Gasteiger partial charge on any atom is 0.181 e. The maximum atomic E-state index is 5.53. The lowest BCUT2D eigenvalue weighted by atomic mass is 10.1. The van der Waals surface area contributed by atoms with Crippen LogP contribution < -0.4 is 4.90 Å². The van der Waals surface area contributed by atoms with Gasteiger partial charge >= 0.3 is 0 Å². The zero-order valence-electron chi connectivity index (χ0n) is 16.0. The number of rotatable bonds is 5. The molecule has 0 unspecified atom stereocenters. The van der Waals surface area contributed by atoms with Crippen molar-refractivity contribution in [2.75, 3.05) is 31.1 Å². The Morgan fingerprint density at radius 1 is 1.04 bits per heavy atom. The van der Waals surface area contributed by atoms with E-state index >= 15 is 0 Å². The number of anilines is 1. The van der Waals surface area contributed by atoms with E-state index in [1.807, 2.05) is 31.3 Å². The minimum atomic E-state index is 0.358. The number of hydrogen-bond donors (Lipinski definition) is 0. The fourth-order valence-electron chi connectivity index (χ4n) is 3.37. The molecule has 0 spiro atoms. The van der Waals surface area contributed by atoms with Gasteiger partial charge in [-0.05, 0) is 25.1 Å². The molecule has 0 bridgehead atoms. The highest BCUT2D eigenvalue weighted by molar-refractivity contribution is 5.40. The molecule has 0 radical (unpaired) electrons. The van der Waals surface area contributed by atoms with Crippen LogP contribution in [0.4, 0.5) is 5.82 Å². The second-order valence-corrected chi connectivity index (χ2v) is 7.23. The predicted molar refractivity (Wildman–Crippen MR) is 102 cm³/mol. The van der Waals surface area contributed by atoms with Gasteiger partial charge in [-0.1, -0.05) is 13.8 Å². The molecule has 3 aromatic heterocycles. The summed E-state index contributed by atoms with van der Waals surface area (Å²) in [5.41, 5.74) is 2.02. The molecule has 1 fully saturated rings. The number of oxazole rings is 1. The highest BCUT2D eigenvalue weighted by Gasteiger charge is 2.21. The van der Waals surface area contributed by atoms with E-state index in [9.17, 15) is 0 Å². The van der Waals surface area contributed by atoms with E-state index in [-0.39, 0.29) is 0 Å². The Labute approximate surface area is 158 Å². The summed E-state index contributed by atoms with van der Waals surface area (Å²) < 4.78 is 7.28. The van der Waals surface area contributed by atoms with Crippen LogP contribution in [0.15, 0.2) is 35.2 Å². The first kappa shape index (κ1) is 17.7. The highest BCUT2D eigenvalue weighted by Crippen LogP contribution is 2.21. The monoisotopic (exact) mass is 367 g/mol. The fourth-order valence-corrected chi connectivity index (χ4v) is 3.37. The molecule has 4 rings (SSSR count). The summed E-state index contributed by atoms with van der Waals surface area (Å²) in [6, 6.07) is 5.93. The highest BCUT2D eigenvalue weighted by atomic mass is 16.3. The summed E-state index contributed by atoms with van der Waals surface area (Å²) in [5.74, 6) is 2.99. The Bertz CT molecular complexity index is 876. The molecule has 1 aliphatic heterocycles. The van der Waals surface area contributed by atoms with E-state index in [0.29, 0.717) is 5.92 Å². The van der Waals surface area contributed by atoms with Crippen LogP contribution in [0.25, 0.3) is 5.82 Å². The number of piperazine rings is 1. The molecule has 8 nitrogen and oxygen atoms in total. The van der Waals surface area contributed by atoms with E-state index in [0.717, 1.165) is 61.5 Å². The normalized spacial score (nSPS) is 15.6. The topological polar surface area (TPSA) is 76.1 Å². The second kappa shape index (κ2) is 7.48. The number of aromatic nitrogens is 5. The minimum Gasteiger partial charge on any atom is -0.448 e. The van der Waals surface area contributed by atoms with Gasteiger partial charge in [-0.3, -0.25) is 4.90 Å². The summed E-state index contributed by atoms with van der Waals surface area (Å²) in [4.78, 5) is 9.08. The molecule has 3 aromatic rings. The molecule has 0 N–H and O–H groups in total. The minimum absolute atomic E-state index is 0.358. The van der Waals surface area contributed by atoms with Crippen LogP contribution in [0.3, 0.4) is 0 Å². The van der Waals surface area contributed by atoms with Crippen LogP contribution in [-0.2, 0) is 6.54 Å². The number of aryl methyl sites for hydroxylation is 1. The third-order valence-corrected chi connectivity index (χ3v) is 4.86. The van der Waals surface area contributed by atoms with Gasteiger partial charge < -0.3 is 9.32 Å². The molecule has 4 heterocycles. The van der Waals surface area contributed by atoms with Gasteiger partial charge in [0, 0.05) is 44.8 Å². The lowest BCUT2D eigenvalue weighted by Gasteiger charge is -2.34. The van der Waals surface area contributed by atoms with Crippen molar-refractivity contribution in [3.8, 4) is 5.82 Å². The molecule has 0 aromatic carbocycles. The van der Waals surface area contributed by atoms with Crippen molar-refractivity contribution < 1.29 is 4.42 Å². The van der Waals surface area contributed by atoms with Crippen LogP contribution in [0.2, 0.25) is 0 Å². The third-order valence-electron chi connectivity index (χ3n) is 4.86. The van der Waals surface area contributed by atoms with Gasteiger partial charge in [0.1, 0.15) is 5.76 Å². The van der Waals surface area contributed by atoms with E-state index < -0.39 is 0 Å². The molecule has 0 amide bonds. The van der Waals surface area contributed by atoms with Crippen molar-refractivity contribution in [1.82, 2.24) is 29.9 Å². The average molecular weight is 367 g/mol. The van der Waals surface area contributed by atoms with Crippen molar-refractivity contribution in [1.29, 1.82) is 0 Å². The van der Waals surface area contributed by atoms with Gasteiger partial charge in [0.2, 0.25) is 0 Å². The van der Waals surface area contributed by atoms with Gasteiger partial charge in [-0.2, -0.15) is 5.10 Å². The zero-order valence-corrected chi connectivity index (χ0v) is 16.0. The summed E-state index contributed by atoms with van der Waals surface area (Å²) >= 11 is 0. The van der Waals surface area contributed by atoms with Crippen LogP contribution >= 0.6 is 0 Å². The molecule has 8 heteroatoms. The molecule has 0 atom stereocenters. The SMILES string of the molecule is Cc1ccn(-c2ccc(N3CCN(Cc4ncoc4C(C)C)CC3)nn2)n1. The smallest absolute Gasteiger partial charge is 0.181 e. The van der Waals surface area contributed by atoms with Gasteiger partial charge in [-0.25, -0.2) is 9.67 Å². The largest absolute Gasteiger partial charge is 0.448 e. The summed E-state index contributed by atoms with van der Waals surface area (Å²) in [6.07, 6.45) is 3.45.